The van der Waals surface area contributed by atoms with Gasteiger partial charge in [0, 0.05) is 17.3 Å². The van der Waals surface area contributed by atoms with Crippen LogP contribution in [0, 0.1) is 19.8 Å². The number of nitrogens with one attached hydrogen (secondary N) is 2. The zero-order valence-corrected chi connectivity index (χ0v) is 20.9. The molecule has 1 saturated heterocycles. The quantitative estimate of drug-likeness (QED) is 0.531. The van der Waals surface area contributed by atoms with Crippen molar-refractivity contribution in [1.29, 1.82) is 0 Å². The average molecular weight is 488 g/mol. The Bertz CT molecular complexity index is 1360. The maximum Gasteiger partial charge on any atom is 0.325 e. The van der Waals surface area contributed by atoms with Gasteiger partial charge in [0.05, 0.1) is 25.9 Å². The highest BCUT2D eigenvalue weighted by Gasteiger charge is 2.60. The molecule has 0 saturated carbocycles. The van der Waals surface area contributed by atoms with Gasteiger partial charge in [0.2, 0.25) is 11.6 Å². The lowest BCUT2D eigenvalue weighted by molar-refractivity contribution is -0.131. The van der Waals surface area contributed by atoms with Crippen molar-refractivity contribution in [1.82, 2.24) is 5.32 Å². The van der Waals surface area contributed by atoms with E-state index in [0.29, 0.717) is 28.6 Å². The summed E-state index contributed by atoms with van der Waals surface area (Å²) >= 11 is 0. The molecule has 8 heteroatoms. The molecule has 2 N–H and O–H groups in total. The molecule has 2 aliphatic heterocycles. The summed E-state index contributed by atoms with van der Waals surface area (Å²) in [4.78, 5) is 29.0. The first-order valence-corrected chi connectivity index (χ1v) is 11.8. The average Bonchev–Trinajstić information content (AvgIpc) is 2.85. The van der Waals surface area contributed by atoms with Crippen LogP contribution in [0.4, 0.5) is 16.2 Å². The van der Waals surface area contributed by atoms with Gasteiger partial charge < -0.3 is 24.8 Å². The Morgan fingerprint density at radius 3 is 2.56 bits per heavy atom. The Labute approximate surface area is 210 Å². The van der Waals surface area contributed by atoms with E-state index in [1.165, 1.54) is 12.0 Å². The molecule has 0 radical (unpaired) electrons. The predicted molar refractivity (Wildman–Crippen MR) is 137 cm³/mol. The Morgan fingerprint density at radius 1 is 1.06 bits per heavy atom. The molecule has 3 atom stereocenters. The summed E-state index contributed by atoms with van der Waals surface area (Å²) in [6.45, 7) is 5.73. The third-order valence-electron chi connectivity index (χ3n) is 6.96. The smallest absolute Gasteiger partial charge is 0.325 e. The number of rotatable bonds is 5. The van der Waals surface area contributed by atoms with Crippen molar-refractivity contribution in [2.45, 2.75) is 32.5 Å². The number of aryl methyl sites for hydroxylation is 2. The maximum atomic E-state index is 14.0. The molecule has 5 rings (SSSR count). The van der Waals surface area contributed by atoms with Gasteiger partial charge in [-0.1, -0.05) is 35.9 Å². The molecule has 8 nitrogen and oxygen atoms in total. The molecule has 1 fully saturated rings. The van der Waals surface area contributed by atoms with Crippen molar-refractivity contribution in [3.63, 3.8) is 0 Å². The molecule has 0 aromatic heterocycles. The van der Waals surface area contributed by atoms with Crippen LogP contribution in [0.25, 0.3) is 0 Å². The van der Waals surface area contributed by atoms with E-state index in [4.69, 9.17) is 14.2 Å². The van der Waals surface area contributed by atoms with E-state index in [9.17, 15) is 9.59 Å². The first kappa shape index (κ1) is 23.5. The standard InChI is InChI=1S/C28H29N3O5/c1-16-10-12-20(17(2)14-16)29-26(32)24-25-19-8-6-7-9-22(19)36-28(24,3)31(27(33)30-25)21-13-11-18(34-4)15-23(21)35-5/h6-15,24-25H,1-5H3,(H,29,32)(H,30,33)/t24-,25-,28-/m0/s1. The number of amides is 3. The van der Waals surface area contributed by atoms with Crippen molar-refractivity contribution in [2.75, 3.05) is 24.4 Å². The van der Waals surface area contributed by atoms with E-state index in [-0.39, 0.29) is 5.91 Å². The second kappa shape index (κ2) is 8.78. The molecule has 186 valence electrons. The summed E-state index contributed by atoms with van der Waals surface area (Å²) in [5, 5.41) is 6.13. The fourth-order valence-corrected chi connectivity index (χ4v) is 5.23. The molecular weight excluding hydrogens is 458 g/mol. The van der Waals surface area contributed by atoms with Crippen LogP contribution < -0.4 is 29.7 Å². The highest BCUT2D eigenvalue weighted by atomic mass is 16.5. The number of anilines is 2. The zero-order chi connectivity index (χ0) is 25.6. The molecule has 2 bridgehead atoms. The summed E-state index contributed by atoms with van der Waals surface area (Å²) in [5.74, 6) is 0.562. The van der Waals surface area contributed by atoms with Crippen LogP contribution in [0.3, 0.4) is 0 Å². The molecule has 36 heavy (non-hydrogen) atoms. The van der Waals surface area contributed by atoms with Gasteiger partial charge in [-0.2, -0.15) is 0 Å². The van der Waals surface area contributed by atoms with Gasteiger partial charge in [0.25, 0.3) is 0 Å². The molecule has 3 aromatic rings. The molecule has 0 unspecified atom stereocenters. The molecule has 3 amide bonds. The fraction of sp³-hybridized carbons (Fsp3) is 0.286. The fourth-order valence-electron chi connectivity index (χ4n) is 5.23. The normalized spacial score (nSPS) is 22.1. The van der Waals surface area contributed by atoms with Crippen LogP contribution >= 0.6 is 0 Å². The van der Waals surface area contributed by atoms with Crippen molar-refractivity contribution in [3.8, 4) is 17.2 Å². The van der Waals surface area contributed by atoms with Gasteiger partial charge in [0.15, 0.2) is 0 Å². The Hall–Kier alpha value is -4.20. The van der Waals surface area contributed by atoms with Crippen LogP contribution in [-0.4, -0.2) is 31.9 Å². The number of carbonyl (C=O) groups excluding carboxylic acids is 2. The minimum absolute atomic E-state index is 0.263. The van der Waals surface area contributed by atoms with Crippen molar-refractivity contribution < 1.29 is 23.8 Å². The molecule has 2 aliphatic rings. The van der Waals surface area contributed by atoms with E-state index < -0.39 is 23.7 Å². The van der Waals surface area contributed by atoms with Crippen LogP contribution in [0.5, 0.6) is 17.2 Å². The Balaban J connectivity index is 1.63. The Kier molecular flexibility index (Phi) is 5.74. The molecule has 0 aliphatic carbocycles. The number of benzene rings is 3. The van der Waals surface area contributed by atoms with Crippen molar-refractivity contribution in [3.05, 3.63) is 77.4 Å². The number of hydrogen-bond donors (Lipinski definition) is 2. The van der Waals surface area contributed by atoms with Crippen LogP contribution in [0.2, 0.25) is 0 Å². The van der Waals surface area contributed by atoms with Crippen LogP contribution in [-0.2, 0) is 4.79 Å². The molecule has 0 spiro atoms. The lowest BCUT2D eigenvalue weighted by Crippen LogP contribution is -2.72. The second-order valence-corrected chi connectivity index (χ2v) is 9.28. The van der Waals surface area contributed by atoms with Gasteiger partial charge in [-0.3, -0.25) is 9.69 Å². The summed E-state index contributed by atoms with van der Waals surface area (Å²) in [6.07, 6.45) is 0. The van der Waals surface area contributed by atoms with Gasteiger partial charge in [-0.15, -0.1) is 0 Å². The summed E-state index contributed by atoms with van der Waals surface area (Å²) < 4.78 is 17.5. The zero-order valence-electron chi connectivity index (χ0n) is 20.9. The number of nitrogens with zero attached hydrogens (tertiary/aromatic N) is 1. The summed E-state index contributed by atoms with van der Waals surface area (Å²) in [6, 6.07) is 17.5. The summed E-state index contributed by atoms with van der Waals surface area (Å²) in [7, 11) is 3.08. The maximum absolute atomic E-state index is 14.0. The van der Waals surface area contributed by atoms with E-state index in [1.807, 2.05) is 56.3 Å². The van der Waals surface area contributed by atoms with E-state index in [1.54, 1.807) is 32.2 Å². The van der Waals surface area contributed by atoms with E-state index >= 15 is 0 Å². The monoisotopic (exact) mass is 487 g/mol. The minimum atomic E-state index is -1.36. The first-order chi connectivity index (χ1) is 17.3. The van der Waals surface area contributed by atoms with E-state index in [0.717, 1.165) is 16.7 Å². The number of para-hydroxylation sites is 1. The summed E-state index contributed by atoms with van der Waals surface area (Å²) in [5.41, 5.74) is 2.63. The third-order valence-corrected chi connectivity index (χ3v) is 6.96. The van der Waals surface area contributed by atoms with Gasteiger partial charge in [0.1, 0.15) is 23.2 Å². The van der Waals surface area contributed by atoms with Gasteiger partial charge >= 0.3 is 6.03 Å². The SMILES string of the molecule is COc1ccc(N2C(=O)N[C@H]3c4ccccc4O[C@@]2(C)[C@@H]3C(=O)Nc2ccc(C)cc2C)c(OC)c1. The van der Waals surface area contributed by atoms with E-state index in [2.05, 4.69) is 10.6 Å². The highest BCUT2D eigenvalue weighted by molar-refractivity contribution is 6.02. The van der Waals surface area contributed by atoms with Crippen molar-refractivity contribution >= 4 is 23.3 Å². The Morgan fingerprint density at radius 2 is 1.83 bits per heavy atom. The lowest BCUT2D eigenvalue weighted by atomic mass is 9.78. The highest BCUT2D eigenvalue weighted by Crippen LogP contribution is 2.51. The lowest BCUT2D eigenvalue weighted by Gasteiger charge is -2.54. The first-order valence-electron chi connectivity index (χ1n) is 11.8. The van der Waals surface area contributed by atoms with Gasteiger partial charge in [-0.25, -0.2) is 4.79 Å². The molecule has 3 aromatic carbocycles. The second-order valence-electron chi connectivity index (χ2n) is 9.28. The third kappa shape index (κ3) is 3.69. The number of urea groups is 1. The topological polar surface area (TPSA) is 89.1 Å². The number of carbonyl (C=O) groups is 2. The van der Waals surface area contributed by atoms with Crippen LogP contribution in [0.15, 0.2) is 60.7 Å². The molecular formula is C28H29N3O5. The number of ether oxygens (including phenoxy) is 3. The number of fused-ring (bicyclic) bond motifs is 4. The molecule has 2 heterocycles. The number of methoxy groups -OCH3 is 2. The van der Waals surface area contributed by atoms with Gasteiger partial charge in [-0.05, 0) is 50.6 Å². The number of hydrogen-bond acceptors (Lipinski definition) is 5. The largest absolute Gasteiger partial charge is 0.497 e. The van der Waals surface area contributed by atoms with Crippen molar-refractivity contribution in [2.24, 2.45) is 5.92 Å². The predicted octanol–water partition coefficient (Wildman–Crippen LogP) is 4.96. The minimum Gasteiger partial charge on any atom is -0.497 e. The van der Waals surface area contributed by atoms with Crippen LogP contribution in [0.1, 0.15) is 29.7 Å².